The highest BCUT2D eigenvalue weighted by Crippen LogP contribution is 2.32. The highest BCUT2D eigenvalue weighted by Gasteiger charge is 2.36. The Morgan fingerprint density at radius 2 is 1.93 bits per heavy atom. The Bertz CT molecular complexity index is 1070. The van der Waals surface area contributed by atoms with Crippen LogP contribution in [0.1, 0.15) is 25.7 Å². The zero-order valence-electron chi connectivity index (χ0n) is 16.0. The van der Waals surface area contributed by atoms with Crippen LogP contribution in [-0.2, 0) is 11.3 Å². The van der Waals surface area contributed by atoms with Crippen molar-refractivity contribution in [1.82, 2.24) is 15.1 Å². The van der Waals surface area contributed by atoms with Gasteiger partial charge in [-0.25, -0.2) is 0 Å². The molecule has 0 saturated heterocycles. The Hall–Kier alpha value is -2.28. The van der Waals surface area contributed by atoms with E-state index in [1.54, 1.807) is 42.2 Å². The maximum Gasteiger partial charge on any atom is 0.264 e. The van der Waals surface area contributed by atoms with Gasteiger partial charge < -0.3 is 14.1 Å². The van der Waals surface area contributed by atoms with E-state index in [9.17, 15) is 4.79 Å². The van der Waals surface area contributed by atoms with Gasteiger partial charge in [-0.15, -0.1) is 10.2 Å². The molecular weight excluding hydrogens is 449 g/mol. The van der Waals surface area contributed by atoms with Crippen molar-refractivity contribution in [3.05, 3.63) is 63.4 Å². The molecule has 1 unspecified atom stereocenters. The molecule has 0 radical (unpaired) electrons. The lowest BCUT2D eigenvalue weighted by atomic mass is 10.2. The zero-order chi connectivity index (χ0) is 21.3. The van der Waals surface area contributed by atoms with E-state index < -0.39 is 6.10 Å². The van der Waals surface area contributed by atoms with Crippen LogP contribution in [0.4, 0.5) is 0 Å². The average molecular weight is 467 g/mol. The summed E-state index contributed by atoms with van der Waals surface area (Å²) in [7, 11) is 0. The summed E-state index contributed by atoms with van der Waals surface area (Å²) < 4.78 is 11.5. The van der Waals surface area contributed by atoms with Gasteiger partial charge in [-0.05, 0) is 50.1 Å². The highest BCUT2D eigenvalue weighted by molar-refractivity contribution is 6.35. The van der Waals surface area contributed by atoms with Crippen LogP contribution in [0.2, 0.25) is 15.1 Å². The molecule has 0 spiro atoms. The molecule has 1 aliphatic rings. The molecule has 30 heavy (non-hydrogen) atoms. The summed E-state index contributed by atoms with van der Waals surface area (Å²) in [6.07, 6.45) is 1.10. The lowest BCUT2D eigenvalue weighted by Gasteiger charge is -2.25. The van der Waals surface area contributed by atoms with Crippen LogP contribution in [0.3, 0.4) is 0 Å². The molecule has 0 N–H and O–H groups in total. The van der Waals surface area contributed by atoms with Gasteiger partial charge in [0.2, 0.25) is 11.8 Å². The van der Waals surface area contributed by atoms with E-state index in [1.807, 2.05) is 12.1 Å². The Kier molecular flexibility index (Phi) is 6.18. The molecule has 1 amide bonds. The fourth-order valence-corrected chi connectivity index (χ4v) is 3.69. The number of ether oxygens (including phenoxy) is 1. The molecule has 156 valence electrons. The summed E-state index contributed by atoms with van der Waals surface area (Å²) in [6, 6.07) is 12.2. The summed E-state index contributed by atoms with van der Waals surface area (Å²) in [5.74, 6) is 0.871. The monoisotopic (exact) mass is 465 g/mol. The molecule has 1 atom stereocenters. The fourth-order valence-electron chi connectivity index (χ4n) is 3.03. The van der Waals surface area contributed by atoms with Crippen LogP contribution < -0.4 is 4.74 Å². The Morgan fingerprint density at radius 1 is 1.17 bits per heavy atom. The minimum absolute atomic E-state index is 0.125. The largest absolute Gasteiger partial charge is 0.479 e. The average Bonchev–Trinajstić information content (AvgIpc) is 3.46. The standard InChI is InChI=1S/C21H18Cl3N3O3/c1-12(29-18-9-6-13(22)10-17(18)24)21(28)27(14-7-8-14)11-19-25-26-20(30-19)15-4-2-3-5-16(15)23/h2-6,9-10,12,14H,7-8,11H2,1H3. The van der Waals surface area contributed by atoms with Crippen molar-refractivity contribution in [2.45, 2.75) is 38.5 Å². The number of aromatic nitrogens is 2. The molecule has 1 heterocycles. The molecule has 1 aliphatic carbocycles. The number of hydrogen-bond donors (Lipinski definition) is 0. The number of carbonyl (C=O) groups is 1. The zero-order valence-corrected chi connectivity index (χ0v) is 18.3. The predicted molar refractivity (Wildman–Crippen MR) is 115 cm³/mol. The molecule has 6 nitrogen and oxygen atoms in total. The maximum atomic E-state index is 13.1. The van der Waals surface area contributed by atoms with Gasteiger partial charge in [0.05, 0.1) is 22.2 Å². The summed E-state index contributed by atoms with van der Waals surface area (Å²) in [5.41, 5.74) is 0.649. The van der Waals surface area contributed by atoms with Gasteiger partial charge in [-0.2, -0.15) is 0 Å². The van der Waals surface area contributed by atoms with Gasteiger partial charge in [0, 0.05) is 11.1 Å². The van der Waals surface area contributed by atoms with Crippen molar-refractivity contribution < 1.29 is 13.9 Å². The molecule has 3 aromatic rings. The van der Waals surface area contributed by atoms with Crippen LogP contribution in [0.15, 0.2) is 46.9 Å². The van der Waals surface area contributed by atoms with Gasteiger partial charge in [0.25, 0.3) is 5.91 Å². The number of nitrogens with zero attached hydrogens (tertiary/aromatic N) is 3. The van der Waals surface area contributed by atoms with Gasteiger partial charge in [0.1, 0.15) is 5.75 Å². The van der Waals surface area contributed by atoms with Gasteiger partial charge >= 0.3 is 0 Å². The minimum atomic E-state index is -0.741. The van der Waals surface area contributed by atoms with E-state index in [0.717, 1.165) is 12.8 Å². The summed E-state index contributed by atoms with van der Waals surface area (Å²) in [5, 5.41) is 9.52. The van der Waals surface area contributed by atoms with Crippen LogP contribution in [0, 0.1) is 0 Å². The lowest BCUT2D eigenvalue weighted by molar-refractivity contribution is -0.139. The van der Waals surface area contributed by atoms with E-state index in [2.05, 4.69) is 10.2 Å². The molecule has 1 aromatic heterocycles. The number of hydrogen-bond acceptors (Lipinski definition) is 5. The third-order valence-corrected chi connectivity index (χ3v) is 5.55. The Balaban J connectivity index is 1.48. The Labute approximate surface area is 188 Å². The number of halogens is 3. The quantitative estimate of drug-likeness (QED) is 0.450. The topological polar surface area (TPSA) is 68.5 Å². The van der Waals surface area contributed by atoms with Crippen molar-refractivity contribution in [2.75, 3.05) is 0 Å². The second-order valence-corrected chi connectivity index (χ2v) is 8.26. The predicted octanol–water partition coefficient (Wildman–Crippen LogP) is 5.66. The van der Waals surface area contributed by atoms with E-state index >= 15 is 0 Å². The second-order valence-electron chi connectivity index (χ2n) is 7.01. The first-order valence-corrected chi connectivity index (χ1v) is 10.5. The smallest absolute Gasteiger partial charge is 0.264 e. The van der Waals surface area contributed by atoms with E-state index in [4.69, 9.17) is 44.0 Å². The van der Waals surface area contributed by atoms with Crippen molar-refractivity contribution in [2.24, 2.45) is 0 Å². The van der Waals surface area contributed by atoms with Crippen LogP contribution in [0.5, 0.6) is 5.75 Å². The third kappa shape index (κ3) is 4.72. The third-order valence-electron chi connectivity index (χ3n) is 4.69. The number of benzene rings is 2. The van der Waals surface area contributed by atoms with Crippen molar-refractivity contribution >= 4 is 40.7 Å². The minimum Gasteiger partial charge on any atom is -0.479 e. The van der Waals surface area contributed by atoms with Gasteiger partial charge in [-0.1, -0.05) is 46.9 Å². The molecule has 0 bridgehead atoms. The molecule has 0 aliphatic heterocycles. The van der Waals surface area contributed by atoms with Gasteiger partial charge in [0.15, 0.2) is 6.10 Å². The number of carbonyl (C=O) groups excluding carboxylic acids is 1. The maximum absolute atomic E-state index is 13.1. The van der Waals surface area contributed by atoms with Crippen molar-refractivity contribution in [3.8, 4) is 17.2 Å². The second kappa shape index (κ2) is 8.84. The van der Waals surface area contributed by atoms with Crippen LogP contribution in [-0.4, -0.2) is 33.2 Å². The number of amides is 1. The summed E-state index contributed by atoms with van der Waals surface area (Å²) >= 11 is 18.3. The van der Waals surface area contributed by atoms with E-state index in [0.29, 0.717) is 38.2 Å². The number of rotatable bonds is 7. The van der Waals surface area contributed by atoms with Crippen molar-refractivity contribution in [1.29, 1.82) is 0 Å². The molecule has 9 heteroatoms. The van der Waals surface area contributed by atoms with Crippen LogP contribution >= 0.6 is 34.8 Å². The van der Waals surface area contributed by atoms with Crippen LogP contribution in [0.25, 0.3) is 11.5 Å². The Morgan fingerprint density at radius 3 is 2.63 bits per heavy atom. The summed E-state index contributed by atoms with van der Waals surface area (Å²) in [6.45, 7) is 1.88. The molecule has 1 saturated carbocycles. The normalized spacial score (nSPS) is 14.4. The van der Waals surface area contributed by atoms with Gasteiger partial charge in [-0.3, -0.25) is 4.79 Å². The first kappa shape index (κ1) is 21.0. The van der Waals surface area contributed by atoms with Crippen molar-refractivity contribution in [3.63, 3.8) is 0 Å². The fraction of sp³-hybridized carbons (Fsp3) is 0.286. The van der Waals surface area contributed by atoms with E-state index in [1.165, 1.54) is 0 Å². The summed E-state index contributed by atoms with van der Waals surface area (Å²) in [4.78, 5) is 14.8. The first-order valence-electron chi connectivity index (χ1n) is 9.42. The SMILES string of the molecule is CC(Oc1ccc(Cl)cc1Cl)C(=O)N(Cc1nnc(-c2ccccc2Cl)o1)C1CC1. The molecule has 4 rings (SSSR count). The molecule has 1 fully saturated rings. The molecule has 2 aromatic carbocycles. The highest BCUT2D eigenvalue weighted by atomic mass is 35.5. The first-order chi connectivity index (χ1) is 14.4. The van der Waals surface area contributed by atoms with E-state index in [-0.39, 0.29) is 18.5 Å². The molecular formula is C21H18Cl3N3O3. The lowest BCUT2D eigenvalue weighted by Crippen LogP contribution is -2.41.